The third-order valence-electron chi connectivity index (χ3n) is 2.97. The molecule has 0 atom stereocenters. The number of anilines is 1. The van der Waals surface area contributed by atoms with E-state index in [9.17, 15) is 9.18 Å². The van der Waals surface area contributed by atoms with E-state index in [0.29, 0.717) is 12.2 Å². The van der Waals surface area contributed by atoms with Gasteiger partial charge in [0.2, 0.25) is 0 Å². The van der Waals surface area contributed by atoms with Gasteiger partial charge in [0, 0.05) is 19.2 Å². The zero-order chi connectivity index (χ0) is 14.0. The highest BCUT2D eigenvalue weighted by Crippen LogP contribution is 2.23. The number of nitrogens with zero attached hydrogens (tertiary/aromatic N) is 1. The number of aromatic carboxylic acids is 1. The van der Waals surface area contributed by atoms with Gasteiger partial charge in [0.15, 0.2) is 0 Å². The van der Waals surface area contributed by atoms with Gasteiger partial charge in [-0.2, -0.15) is 0 Å². The molecule has 0 unspecified atom stereocenters. The van der Waals surface area contributed by atoms with Crippen molar-refractivity contribution < 1.29 is 18.7 Å². The Balaban J connectivity index is 2.31. The molecule has 1 aromatic carbocycles. The Bertz CT molecular complexity index is 606. The van der Waals surface area contributed by atoms with Crippen LogP contribution in [0, 0.1) is 12.7 Å². The molecule has 5 heteroatoms. The molecule has 1 aromatic heterocycles. The van der Waals surface area contributed by atoms with Gasteiger partial charge < -0.3 is 14.4 Å². The number of furan rings is 1. The van der Waals surface area contributed by atoms with Crippen LogP contribution in [0.4, 0.5) is 10.1 Å². The Kier molecular flexibility index (Phi) is 3.55. The van der Waals surface area contributed by atoms with Gasteiger partial charge in [0.05, 0.1) is 17.5 Å². The number of hydrogen-bond donors (Lipinski definition) is 1. The van der Waals surface area contributed by atoms with Crippen LogP contribution in [0.25, 0.3) is 0 Å². The molecule has 0 amide bonds. The van der Waals surface area contributed by atoms with Crippen molar-refractivity contribution >= 4 is 11.7 Å². The number of aryl methyl sites for hydroxylation is 1. The summed E-state index contributed by atoms with van der Waals surface area (Å²) in [6.07, 6.45) is 1.58. The Morgan fingerprint density at radius 2 is 2.16 bits per heavy atom. The molecule has 2 rings (SSSR count). The second-order valence-electron chi connectivity index (χ2n) is 4.32. The van der Waals surface area contributed by atoms with Crippen LogP contribution in [-0.2, 0) is 6.54 Å². The summed E-state index contributed by atoms with van der Waals surface area (Å²) in [4.78, 5) is 12.9. The van der Waals surface area contributed by atoms with Crippen LogP contribution in [-0.4, -0.2) is 18.1 Å². The quantitative estimate of drug-likeness (QED) is 0.921. The second-order valence-corrected chi connectivity index (χ2v) is 4.32. The Morgan fingerprint density at radius 3 is 2.74 bits per heavy atom. The number of rotatable bonds is 4. The highest BCUT2D eigenvalue weighted by atomic mass is 19.1. The maximum Gasteiger partial charge on any atom is 0.337 e. The molecule has 100 valence electrons. The second kappa shape index (κ2) is 5.14. The lowest BCUT2D eigenvalue weighted by atomic mass is 10.1. The Morgan fingerprint density at radius 1 is 1.42 bits per heavy atom. The van der Waals surface area contributed by atoms with Crippen molar-refractivity contribution in [2.24, 2.45) is 0 Å². The lowest BCUT2D eigenvalue weighted by molar-refractivity contribution is 0.0697. The van der Waals surface area contributed by atoms with Crippen molar-refractivity contribution in [1.29, 1.82) is 0 Å². The van der Waals surface area contributed by atoms with Crippen molar-refractivity contribution in [2.45, 2.75) is 13.5 Å². The van der Waals surface area contributed by atoms with Crippen LogP contribution in [0.2, 0.25) is 0 Å². The molecule has 0 radical (unpaired) electrons. The fourth-order valence-corrected chi connectivity index (χ4v) is 1.93. The first-order valence-corrected chi connectivity index (χ1v) is 5.76. The summed E-state index contributed by atoms with van der Waals surface area (Å²) in [5.41, 5.74) is 1.38. The summed E-state index contributed by atoms with van der Waals surface area (Å²) in [6.45, 7) is 2.33. The Hall–Kier alpha value is -2.30. The molecule has 2 aromatic rings. The molecule has 0 bridgehead atoms. The zero-order valence-electron chi connectivity index (χ0n) is 10.7. The number of hydrogen-bond acceptors (Lipinski definition) is 3. The molecule has 0 spiro atoms. The number of carboxylic acids is 1. The van der Waals surface area contributed by atoms with E-state index in [-0.39, 0.29) is 5.56 Å². The number of carbonyl (C=O) groups is 1. The van der Waals surface area contributed by atoms with E-state index in [2.05, 4.69) is 0 Å². The van der Waals surface area contributed by atoms with Crippen LogP contribution >= 0.6 is 0 Å². The highest BCUT2D eigenvalue weighted by Gasteiger charge is 2.15. The fourth-order valence-electron chi connectivity index (χ4n) is 1.93. The van der Waals surface area contributed by atoms with Gasteiger partial charge in [-0.05, 0) is 31.2 Å². The van der Waals surface area contributed by atoms with Crippen LogP contribution in [0.3, 0.4) is 0 Å². The molecule has 0 saturated carbocycles. The average molecular weight is 263 g/mol. The molecule has 1 N–H and O–H groups in total. The van der Waals surface area contributed by atoms with Crippen molar-refractivity contribution in [3.8, 4) is 0 Å². The monoisotopic (exact) mass is 263 g/mol. The van der Waals surface area contributed by atoms with Crippen LogP contribution in [0.15, 0.2) is 34.9 Å². The van der Waals surface area contributed by atoms with Gasteiger partial charge in [-0.3, -0.25) is 0 Å². The normalized spacial score (nSPS) is 10.5. The minimum atomic E-state index is -1.15. The summed E-state index contributed by atoms with van der Waals surface area (Å²) < 4.78 is 18.3. The van der Waals surface area contributed by atoms with E-state index >= 15 is 0 Å². The Labute approximate surface area is 110 Å². The molecule has 0 aliphatic heterocycles. The molecule has 1 heterocycles. The molecular weight excluding hydrogens is 249 g/mol. The number of halogens is 1. The van der Waals surface area contributed by atoms with Crippen LogP contribution < -0.4 is 4.90 Å². The summed E-state index contributed by atoms with van der Waals surface area (Å²) in [5.74, 6) is -0.926. The van der Waals surface area contributed by atoms with E-state index in [4.69, 9.17) is 9.52 Å². The maximum atomic E-state index is 13.1. The van der Waals surface area contributed by atoms with Crippen LogP contribution in [0.1, 0.15) is 21.7 Å². The summed E-state index contributed by atoms with van der Waals surface area (Å²) >= 11 is 0. The SMILES string of the molecule is Cc1occc1CN(C)c1ccc(F)cc1C(=O)O. The molecule has 4 nitrogen and oxygen atoms in total. The van der Waals surface area contributed by atoms with E-state index in [1.807, 2.05) is 13.0 Å². The number of benzene rings is 1. The van der Waals surface area contributed by atoms with Crippen molar-refractivity contribution in [2.75, 3.05) is 11.9 Å². The van der Waals surface area contributed by atoms with Crippen molar-refractivity contribution in [3.63, 3.8) is 0 Å². The molecule has 0 aliphatic rings. The van der Waals surface area contributed by atoms with E-state index in [0.717, 1.165) is 17.4 Å². The lowest BCUT2D eigenvalue weighted by Crippen LogP contribution is -2.19. The summed E-state index contributed by atoms with van der Waals surface area (Å²) in [5, 5.41) is 9.11. The molecule has 0 saturated heterocycles. The molecular formula is C14H14FNO3. The molecule has 19 heavy (non-hydrogen) atoms. The average Bonchev–Trinajstić information content (AvgIpc) is 2.74. The first-order valence-electron chi connectivity index (χ1n) is 5.76. The van der Waals surface area contributed by atoms with Gasteiger partial charge in [-0.15, -0.1) is 0 Å². The fraction of sp³-hybridized carbons (Fsp3) is 0.214. The largest absolute Gasteiger partial charge is 0.478 e. The highest BCUT2D eigenvalue weighted by molar-refractivity contribution is 5.94. The topological polar surface area (TPSA) is 53.7 Å². The van der Waals surface area contributed by atoms with E-state index in [1.165, 1.54) is 12.1 Å². The minimum Gasteiger partial charge on any atom is -0.478 e. The summed E-state index contributed by atoms with van der Waals surface area (Å²) in [7, 11) is 1.76. The van der Waals surface area contributed by atoms with E-state index in [1.54, 1.807) is 18.2 Å². The van der Waals surface area contributed by atoms with E-state index < -0.39 is 11.8 Å². The van der Waals surface area contributed by atoms with Crippen molar-refractivity contribution in [1.82, 2.24) is 0 Å². The standard InChI is InChI=1S/C14H14FNO3/c1-9-10(5-6-19-9)8-16(2)13-4-3-11(15)7-12(13)14(17)18/h3-7H,8H2,1-2H3,(H,17,18). The molecule has 0 fully saturated rings. The van der Waals surface area contributed by atoms with Crippen molar-refractivity contribution in [3.05, 3.63) is 53.2 Å². The predicted molar refractivity (Wildman–Crippen MR) is 68.9 cm³/mol. The predicted octanol–water partition coefficient (Wildman–Crippen LogP) is 3.06. The lowest BCUT2D eigenvalue weighted by Gasteiger charge is -2.21. The third-order valence-corrected chi connectivity index (χ3v) is 2.97. The summed E-state index contributed by atoms with van der Waals surface area (Å²) in [6, 6.07) is 5.57. The first-order chi connectivity index (χ1) is 8.99. The first kappa shape index (κ1) is 13.1. The van der Waals surface area contributed by atoms with Gasteiger partial charge >= 0.3 is 5.97 Å². The smallest absolute Gasteiger partial charge is 0.337 e. The van der Waals surface area contributed by atoms with Crippen LogP contribution in [0.5, 0.6) is 0 Å². The van der Waals surface area contributed by atoms with Gasteiger partial charge in [0.25, 0.3) is 0 Å². The molecule has 0 aliphatic carbocycles. The minimum absolute atomic E-state index is 0.0522. The number of carboxylic acid groups (broad SMARTS) is 1. The van der Waals surface area contributed by atoms with Gasteiger partial charge in [-0.25, -0.2) is 9.18 Å². The van der Waals surface area contributed by atoms with Gasteiger partial charge in [-0.1, -0.05) is 0 Å². The zero-order valence-corrected chi connectivity index (χ0v) is 10.7. The third kappa shape index (κ3) is 2.76. The maximum absolute atomic E-state index is 13.1. The van der Waals surface area contributed by atoms with Gasteiger partial charge in [0.1, 0.15) is 11.6 Å².